The van der Waals surface area contributed by atoms with Crippen LogP contribution in [0.25, 0.3) is 0 Å². The maximum atomic E-state index is 13.9. The lowest BCUT2D eigenvalue weighted by Gasteiger charge is -2.47. The third kappa shape index (κ3) is 2.07. The predicted molar refractivity (Wildman–Crippen MR) is 65.6 cm³/mol. The summed E-state index contributed by atoms with van der Waals surface area (Å²) >= 11 is 0. The molecule has 0 aliphatic heterocycles. The van der Waals surface area contributed by atoms with Crippen molar-refractivity contribution < 1.29 is 13.2 Å². The van der Waals surface area contributed by atoms with Gasteiger partial charge in [-0.05, 0) is 17.7 Å². The highest BCUT2D eigenvalue weighted by molar-refractivity contribution is 5.49. The van der Waals surface area contributed by atoms with Gasteiger partial charge in [0, 0.05) is 38.9 Å². The van der Waals surface area contributed by atoms with Gasteiger partial charge in [-0.3, -0.25) is 0 Å². The summed E-state index contributed by atoms with van der Waals surface area (Å²) in [5, 5.41) is 0. The molecule has 2 N–H and O–H groups in total. The summed E-state index contributed by atoms with van der Waals surface area (Å²) in [6, 6.07) is 4.64. The van der Waals surface area contributed by atoms with E-state index in [1.165, 1.54) is 6.07 Å². The number of anilines is 1. The average molecular weight is 258 g/mol. The molecule has 0 spiro atoms. The average Bonchev–Trinajstić information content (AvgIpc) is 2.24. The van der Waals surface area contributed by atoms with Gasteiger partial charge in [-0.15, -0.1) is 0 Å². The third-order valence-electron chi connectivity index (χ3n) is 3.63. The van der Waals surface area contributed by atoms with Crippen LogP contribution in [0.4, 0.5) is 18.9 Å². The lowest BCUT2D eigenvalue weighted by molar-refractivity contribution is -0.123. The van der Waals surface area contributed by atoms with Gasteiger partial charge in [-0.25, -0.2) is 13.2 Å². The number of benzene rings is 1. The Morgan fingerprint density at radius 3 is 2.28 bits per heavy atom. The minimum absolute atomic E-state index is 0.114. The van der Waals surface area contributed by atoms with E-state index in [-0.39, 0.29) is 19.4 Å². The number of nitrogens with zero attached hydrogens (tertiary/aromatic N) is 1. The molecule has 100 valence electrons. The van der Waals surface area contributed by atoms with Crippen LogP contribution in [-0.4, -0.2) is 26.6 Å². The fourth-order valence-corrected chi connectivity index (χ4v) is 2.60. The number of nitrogens with two attached hydrogens (primary N) is 1. The van der Waals surface area contributed by atoms with Gasteiger partial charge >= 0.3 is 0 Å². The summed E-state index contributed by atoms with van der Waals surface area (Å²) in [6.07, 6.45) is -0.589. The number of alkyl halides is 2. The van der Waals surface area contributed by atoms with E-state index in [2.05, 4.69) is 0 Å². The van der Waals surface area contributed by atoms with Gasteiger partial charge in [0.15, 0.2) is 0 Å². The number of hydrogen-bond donors (Lipinski definition) is 1. The largest absolute Gasteiger partial charge is 0.375 e. The van der Waals surface area contributed by atoms with Crippen LogP contribution in [0.3, 0.4) is 0 Å². The van der Waals surface area contributed by atoms with E-state index in [1.807, 2.05) is 0 Å². The summed E-state index contributed by atoms with van der Waals surface area (Å²) in [5.41, 5.74) is 5.85. The van der Waals surface area contributed by atoms with Crippen molar-refractivity contribution in [3.63, 3.8) is 0 Å². The van der Waals surface area contributed by atoms with E-state index in [1.54, 1.807) is 31.1 Å². The Kier molecular flexibility index (Phi) is 3.05. The molecule has 2 nitrogen and oxygen atoms in total. The van der Waals surface area contributed by atoms with E-state index in [9.17, 15) is 13.2 Å². The van der Waals surface area contributed by atoms with Crippen molar-refractivity contribution in [1.29, 1.82) is 0 Å². The van der Waals surface area contributed by atoms with Crippen LogP contribution in [-0.2, 0) is 5.41 Å². The second-order valence-corrected chi connectivity index (χ2v) is 5.25. The highest BCUT2D eigenvalue weighted by Gasteiger charge is 2.56. The molecule has 0 aromatic heterocycles. The molecule has 0 heterocycles. The quantitative estimate of drug-likeness (QED) is 0.902. The van der Waals surface area contributed by atoms with Gasteiger partial charge in [-0.2, -0.15) is 0 Å². The van der Waals surface area contributed by atoms with Gasteiger partial charge in [0.2, 0.25) is 5.92 Å². The summed E-state index contributed by atoms with van der Waals surface area (Å²) in [5.74, 6) is -3.07. The van der Waals surface area contributed by atoms with Crippen LogP contribution in [0.2, 0.25) is 0 Å². The first-order chi connectivity index (χ1) is 8.30. The molecular formula is C13H17F3N2. The molecule has 0 bridgehead atoms. The number of hydrogen-bond acceptors (Lipinski definition) is 2. The van der Waals surface area contributed by atoms with Crippen LogP contribution >= 0.6 is 0 Å². The van der Waals surface area contributed by atoms with E-state index in [0.717, 1.165) is 0 Å². The lowest BCUT2D eigenvalue weighted by Crippen LogP contribution is -2.53. The Balaban J connectivity index is 2.32. The smallest absolute Gasteiger partial charge is 0.250 e. The molecule has 1 aromatic rings. The van der Waals surface area contributed by atoms with E-state index >= 15 is 0 Å². The van der Waals surface area contributed by atoms with Crippen LogP contribution in [0.15, 0.2) is 18.2 Å². The van der Waals surface area contributed by atoms with Crippen molar-refractivity contribution in [3.8, 4) is 0 Å². The molecule has 0 atom stereocenters. The SMILES string of the molecule is CN(C)c1ccc(C2(CN)CC(F)(F)C2)cc1F. The standard InChI is InChI=1S/C13H17F3N2/c1-18(2)11-4-3-9(5-10(11)14)12(8-17)6-13(15,16)7-12/h3-5H,6-8,17H2,1-2H3. The monoisotopic (exact) mass is 258 g/mol. The zero-order valence-corrected chi connectivity index (χ0v) is 10.5. The Hall–Kier alpha value is -1.23. The molecule has 1 fully saturated rings. The van der Waals surface area contributed by atoms with Crippen molar-refractivity contribution in [1.82, 2.24) is 0 Å². The minimum atomic E-state index is -2.67. The summed E-state index contributed by atoms with van der Waals surface area (Å²) < 4.78 is 40.0. The van der Waals surface area contributed by atoms with Crippen LogP contribution in [0, 0.1) is 5.82 Å². The summed E-state index contributed by atoms with van der Waals surface area (Å²) in [4.78, 5) is 1.64. The van der Waals surface area contributed by atoms with Crippen LogP contribution in [0.1, 0.15) is 18.4 Å². The Labute approximate surface area is 105 Å². The van der Waals surface area contributed by atoms with E-state index < -0.39 is 17.2 Å². The molecule has 2 rings (SSSR count). The normalized spacial score (nSPS) is 20.3. The highest BCUT2D eigenvalue weighted by Crippen LogP contribution is 2.53. The van der Waals surface area contributed by atoms with Gasteiger partial charge in [0.25, 0.3) is 0 Å². The first-order valence-electron chi connectivity index (χ1n) is 5.85. The first kappa shape index (κ1) is 13.2. The molecule has 18 heavy (non-hydrogen) atoms. The number of rotatable bonds is 3. The van der Waals surface area contributed by atoms with E-state index in [0.29, 0.717) is 11.3 Å². The Bertz CT molecular complexity index is 450. The van der Waals surface area contributed by atoms with Crippen molar-refractivity contribution >= 4 is 5.69 Å². The predicted octanol–water partition coefficient (Wildman–Crippen LogP) is 2.52. The van der Waals surface area contributed by atoms with Gasteiger partial charge in [0.05, 0.1) is 5.69 Å². The first-order valence-corrected chi connectivity index (χ1v) is 5.85. The van der Waals surface area contributed by atoms with Crippen molar-refractivity contribution in [3.05, 3.63) is 29.6 Å². The molecule has 1 aromatic carbocycles. The van der Waals surface area contributed by atoms with Crippen molar-refractivity contribution in [2.75, 3.05) is 25.5 Å². The fourth-order valence-electron chi connectivity index (χ4n) is 2.60. The van der Waals surface area contributed by atoms with Gasteiger partial charge in [0.1, 0.15) is 5.82 Å². The number of halogens is 3. The maximum Gasteiger partial charge on any atom is 0.250 e. The maximum absolute atomic E-state index is 13.9. The highest BCUT2D eigenvalue weighted by atomic mass is 19.3. The molecule has 1 aliphatic rings. The second kappa shape index (κ2) is 4.16. The fraction of sp³-hybridized carbons (Fsp3) is 0.538. The molecule has 0 unspecified atom stereocenters. The zero-order chi connectivity index (χ0) is 13.6. The molecule has 0 saturated heterocycles. The minimum Gasteiger partial charge on any atom is -0.375 e. The van der Waals surface area contributed by atoms with Crippen LogP contribution in [0.5, 0.6) is 0 Å². The molecule has 0 radical (unpaired) electrons. The van der Waals surface area contributed by atoms with E-state index in [4.69, 9.17) is 5.73 Å². The van der Waals surface area contributed by atoms with Gasteiger partial charge < -0.3 is 10.6 Å². The Morgan fingerprint density at radius 1 is 1.28 bits per heavy atom. The zero-order valence-electron chi connectivity index (χ0n) is 10.5. The molecule has 1 saturated carbocycles. The molecule has 0 amide bonds. The summed E-state index contributed by atoms with van der Waals surface area (Å²) in [6.45, 7) is 0.114. The summed E-state index contributed by atoms with van der Waals surface area (Å²) in [7, 11) is 3.46. The second-order valence-electron chi connectivity index (χ2n) is 5.25. The third-order valence-corrected chi connectivity index (χ3v) is 3.63. The Morgan fingerprint density at radius 2 is 1.89 bits per heavy atom. The van der Waals surface area contributed by atoms with Crippen molar-refractivity contribution in [2.45, 2.75) is 24.2 Å². The molecule has 1 aliphatic carbocycles. The molecule has 5 heteroatoms. The van der Waals surface area contributed by atoms with Crippen LogP contribution < -0.4 is 10.6 Å². The van der Waals surface area contributed by atoms with Crippen molar-refractivity contribution in [2.24, 2.45) is 5.73 Å². The van der Waals surface area contributed by atoms with Gasteiger partial charge in [-0.1, -0.05) is 6.07 Å². The topological polar surface area (TPSA) is 29.3 Å². The lowest BCUT2D eigenvalue weighted by atomic mass is 9.62. The molecular weight excluding hydrogens is 241 g/mol.